The summed E-state index contributed by atoms with van der Waals surface area (Å²) < 4.78 is 2.76. The molecule has 4 rings (SSSR count). The summed E-state index contributed by atoms with van der Waals surface area (Å²) in [5.41, 5.74) is 1.82. The molecule has 9 heteroatoms. The third-order valence-corrected chi connectivity index (χ3v) is 6.52. The number of aromatic nitrogens is 5. The van der Waals surface area contributed by atoms with Crippen LogP contribution in [0.1, 0.15) is 18.0 Å². The Balaban J connectivity index is 1.43. The number of nitrogens with zero attached hydrogens (tertiary/aromatic N) is 6. The molecular formula is C19H18N6OS2. The zero-order valence-electron chi connectivity index (χ0n) is 15.4. The van der Waals surface area contributed by atoms with E-state index >= 15 is 0 Å². The predicted molar refractivity (Wildman–Crippen MR) is 111 cm³/mol. The Bertz CT molecular complexity index is 1060. The fourth-order valence-corrected chi connectivity index (χ4v) is 4.56. The maximum Gasteiger partial charge on any atom is 0.233 e. The van der Waals surface area contributed by atoms with Gasteiger partial charge in [-0.15, -0.1) is 16.4 Å². The van der Waals surface area contributed by atoms with Gasteiger partial charge in [-0.3, -0.25) is 4.79 Å². The van der Waals surface area contributed by atoms with Gasteiger partial charge in [0.05, 0.1) is 27.7 Å². The van der Waals surface area contributed by atoms with Crippen molar-refractivity contribution in [2.24, 2.45) is 0 Å². The van der Waals surface area contributed by atoms with Crippen LogP contribution in [0.5, 0.6) is 0 Å². The number of para-hydroxylation sites is 2. The van der Waals surface area contributed by atoms with Crippen molar-refractivity contribution in [3.63, 3.8) is 0 Å². The molecular weight excluding hydrogens is 392 g/mol. The van der Waals surface area contributed by atoms with Gasteiger partial charge in [-0.05, 0) is 41.6 Å². The van der Waals surface area contributed by atoms with E-state index in [1.165, 1.54) is 11.8 Å². The third kappa shape index (κ3) is 3.76. The Labute approximate surface area is 170 Å². The molecule has 1 unspecified atom stereocenters. The quantitative estimate of drug-likeness (QED) is 0.452. The maximum absolute atomic E-state index is 12.7. The number of carbonyl (C=O) groups is 1. The van der Waals surface area contributed by atoms with Gasteiger partial charge in [-0.1, -0.05) is 42.1 Å². The minimum absolute atomic E-state index is 0.000585. The van der Waals surface area contributed by atoms with Gasteiger partial charge in [0.1, 0.15) is 5.01 Å². The Morgan fingerprint density at radius 2 is 1.93 bits per heavy atom. The number of tetrazole rings is 1. The van der Waals surface area contributed by atoms with Gasteiger partial charge in [0, 0.05) is 7.05 Å². The zero-order valence-corrected chi connectivity index (χ0v) is 17.0. The van der Waals surface area contributed by atoms with Crippen molar-refractivity contribution in [1.29, 1.82) is 0 Å². The first kappa shape index (κ1) is 18.6. The highest BCUT2D eigenvalue weighted by Gasteiger charge is 2.21. The Kier molecular flexibility index (Phi) is 5.36. The number of fused-ring (bicyclic) bond motifs is 1. The minimum atomic E-state index is -0.101. The molecule has 0 radical (unpaired) electrons. The summed E-state index contributed by atoms with van der Waals surface area (Å²) in [6.45, 7) is 1.99. The molecule has 0 aliphatic heterocycles. The number of amides is 1. The van der Waals surface area contributed by atoms with Crippen LogP contribution in [0.25, 0.3) is 15.9 Å². The molecule has 2 aromatic heterocycles. The average Bonchev–Trinajstić information content (AvgIpc) is 3.38. The lowest BCUT2D eigenvalue weighted by Crippen LogP contribution is -2.31. The molecule has 0 saturated carbocycles. The van der Waals surface area contributed by atoms with Crippen molar-refractivity contribution in [3.8, 4) is 5.69 Å². The predicted octanol–water partition coefficient (Wildman–Crippen LogP) is 3.58. The summed E-state index contributed by atoms with van der Waals surface area (Å²) in [5, 5.41) is 13.3. The highest BCUT2D eigenvalue weighted by atomic mass is 32.2. The van der Waals surface area contributed by atoms with Crippen LogP contribution in [0.15, 0.2) is 59.8 Å². The topological polar surface area (TPSA) is 76.8 Å². The van der Waals surface area contributed by atoms with E-state index in [9.17, 15) is 4.79 Å². The molecule has 0 aliphatic carbocycles. The largest absolute Gasteiger partial charge is 0.336 e. The summed E-state index contributed by atoms with van der Waals surface area (Å²) >= 11 is 2.94. The standard InChI is InChI=1S/C19H18N6OS2/c1-13(18-20-15-10-6-7-11-16(15)28-18)24(2)17(26)12-27-19-21-22-23-25(19)14-8-4-3-5-9-14/h3-11,13H,12H2,1-2H3. The average molecular weight is 411 g/mol. The van der Waals surface area contributed by atoms with Gasteiger partial charge in [0.2, 0.25) is 11.1 Å². The van der Waals surface area contributed by atoms with Crippen molar-refractivity contribution in [3.05, 3.63) is 59.6 Å². The van der Waals surface area contributed by atoms with Crippen LogP contribution in [0.2, 0.25) is 0 Å². The van der Waals surface area contributed by atoms with Crippen LogP contribution < -0.4 is 0 Å². The number of benzene rings is 2. The van der Waals surface area contributed by atoms with Crippen molar-refractivity contribution in [2.75, 3.05) is 12.8 Å². The maximum atomic E-state index is 12.7. The normalized spacial score (nSPS) is 12.2. The van der Waals surface area contributed by atoms with Crippen LogP contribution in [-0.4, -0.2) is 48.8 Å². The summed E-state index contributed by atoms with van der Waals surface area (Å²) in [5.74, 6) is 0.248. The second-order valence-electron chi connectivity index (χ2n) is 6.20. The van der Waals surface area contributed by atoms with Crippen LogP contribution in [0.4, 0.5) is 0 Å². The van der Waals surface area contributed by atoms with E-state index in [0.717, 1.165) is 20.9 Å². The molecule has 0 bridgehead atoms. The molecule has 0 aliphatic rings. The molecule has 4 aromatic rings. The molecule has 2 heterocycles. The van der Waals surface area contributed by atoms with Gasteiger partial charge in [0.25, 0.3) is 0 Å². The van der Waals surface area contributed by atoms with E-state index in [1.54, 1.807) is 28.0 Å². The summed E-state index contributed by atoms with van der Waals surface area (Å²) in [7, 11) is 1.81. The van der Waals surface area contributed by atoms with Crippen molar-refractivity contribution in [1.82, 2.24) is 30.1 Å². The van der Waals surface area contributed by atoms with Crippen molar-refractivity contribution < 1.29 is 4.79 Å². The van der Waals surface area contributed by atoms with E-state index in [2.05, 4.69) is 20.5 Å². The number of hydrogen-bond donors (Lipinski definition) is 0. The number of thioether (sulfide) groups is 1. The molecule has 0 N–H and O–H groups in total. The highest BCUT2D eigenvalue weighted by molar-refractivity contribution is 7.99. The molecule has 0 saturated heterocycles. The molecule has 1 amide bonds. The van der Waals surface area contributed by atoms with E-state index in [1.807, 2.05) is 61.5 Å². The lowest BCUT2D eigenvalue weighted by Gasteiger charge is -2.23. The Morgan fingerprint density at radius 3 is 2.71 bits per heavy atom. The smallest absolute Gasteiger partial charge is 0.233 e. The van der Waals surface area contributed by atoms with Gasteiger partial charge >= 0.3 is 0 Å². The van der Waals surface area contributed by atoms with Crippen LogP contribution in [0.3, 0.4) is 0 Å². The molecule has 142 valence electrons. The van der Waals surface area contributed by atoms with Gasteiger partial charge in [-0.2, -0.15) is 4.68 Å². The van der Waals surface area contributed by atoms with Gasteiger partial charge < -0.3 is 4.90 Å². The molecule has 0 fully saturated rings. The molecule has 28 heavy (non-hydrogen) atoms. The minimum Gasteiger partial charge on any atom is -0.336 e. The molecule has 2 aromatic carbocycles. The first-order chi connectivity index (χ1) is 13.6. The second-order valence-corrected chi connectivity index (χ2v) is 8.20. The van der Waals surface area contributed by atoms with Gasteiger partial charge in [0.15, 0.2) is 0 Å². The Morgan fingerprint density at radius 1 is 1.18 bits per heavy atom. The second kappa shape index (κ2) is 8.07. The number of rotatable bonds is 6. The first-order valence-electron chi connectivity index (χ1n) is 8.71. The van der Waals surface area contributed by atoms with Crippen molar-refractivity contribution >= 4 is 39.2 Å². The lowest BCUT2D eigenvalue weighted by atomic mass is 10.3. The van der Waals surface area contributed by atoms with E-state index in [4.69, 9.17) is 0 Å². The van der Waals surface area contributed by atoms with E-state index in [-0.39, 0.29) is 17.7 Å². The van der Waals surface area contributed by atoms with Gasteiger partial charge in [-0.25, -0.2) is 4.98 Å². The fourth-order valence-electron chi connectivity index (χ4n) is 2.68. The lowest BCUT2D eigenvalue weighted by molar-refractivity contribution is -0.128. The van der Waals surface area contributed by atoms with Crippen molar-refractivity contribution in [2.45, 2.75) is 18.1 Å². The number of hydrogen-bond acceptors (Lipinski definition) is 7. The number of carbonyl (C=O) groups excluding carboxylic acids is 1. The van der Waals surface area contributed by atoms with Crippen LogP contribution in [-0.2, 0) is 4.79 Å². The summed E-state index contributed by atoms with van der Waals surface area (Å²) in [6, 6.07) is 17.5. The van der Waals surface area contributed by atoms with E-state index in [0.29, 0.717) is 5.16 Å². The molecule has 0 spiro atoms. The third-order valence-electron chi connectivity index (χ3n) is 4.41. The summed E-state index contributed by atoms with van der Waals surface area (Å²) in [6.07, 6.45) is 0. The molecule has 1 atom stereocenters. The van der Waals surface area contributed by atoms with Crippen LogP contribution >= 0.6 is 23.1 Å². The monoisotopic (exact) mass is 410 g/mol. The fraction of sp³-hybridized carbons (Fsp3) is 0.211. The number of thiazole rings is 1. The Hall–Kier alpha value is -2.78. The van der Waals surface area contributed by atoms with E-state index < -0.39 is 0 Å². The molecule has 7 nitrogen and oxygen atoms in total. The summed E-state index contributed by atoms with van der Waals surface area (Å²) in [4.78, 5) is 19.1. The highest BCUT2D eigenvalue weighted by Crippen LogP contribution is 2.29. The van der Waals surface area contributed by atoms with Crippen LogP contribution in [0, 0.1) is 0 Å². The SMILES string of the molecule is CC(c1nc2ccccc2s1)N(C)C(=O)CSc1nnnn1-c1ccccc1. The first-order valence-corrected chi connectivity index (χ1v) is 10.5. The zero-order chi connectivity index (χ0) is 19.5.